The molecule has 3 heterocycles. The van der Waals surface area contributed by atoms with Crippen LogP contribution in [0.2, 0.25) is 5.02 Å². The lowest BCUT2D eigenvalue weighted by molar-refractivity contribution is -0.127. The molecule has 1 aliphatic carbocycles. The van der Waals surface area contributed by atoms with Crippen molar-refractivity contribution in [1.82, 2.24) is 30.2 Å². The topological polar surface area (TPSA) is 198 Å². The molecule has 1 saturated heterocycles. The molecule has 0 spiro atoms. The van der Waals surface area contributed by atoms with Crippen LogP contribution in [-0.2, 0) is 20.8 Å². The minimum atomic E-state index is -1.68. The van der Waals surface area contributed by atoms with Gasteiger partial charge in [0.15, 0.2) is 29.1 Å². The number of carboxylic acid groups (broad SMARTS) is 1. The van der Waals surface area contributed by atoms with Crippen LogP contribution in [0.15, 0.2) is 18.7 Å². The maximum atomic E-state index is 15.4. The molecule has 5 rings (SSSR count). The Balaban J connectivity index is 1.54. The van der Waals surface area contributed by atoms with E-state index in [0.29, 0.717) is 16.9 Å². The highest BCUT2D eigenvalue weighted by Gasteiger charge is 2.48. The van der Waals surface area contributed by atoms with Crippen LogP contribution in [0.4, 0.5) is 30.3 Å². The second kappa shape index (κ2) is 13.3. The molecule has 1 saturated carbocycles. The van der Waals surface area contributed by atoms with E-state index in [9.17, 15) is 29.1 Å². The summed E-state index contributed by atoms with van der Waals surface area (Å²) >= 11 is 6.28. The number of alkyl carbamates (subject to hydrolysis) is 1. The van der Waals surface area contributed by atoms with Gasteiger partial charge in [-0.15, -0.1) is 0 Å². The first-order valence-corrected chi connectivity index (χ1v) is 16.2. The second-order valence-electron chi connectivity index (χ2n) is 14.2. The maximum absolute atomic E-state index is 15.4. The zero-order valence-electron chi connectivity index (χ0n) is 28.4. The van der Waals surface area contributed by atoms with Gasteiger partial charge in [0.25, 0.3) is 0 Å². The molecule has 1 aromatic carbocycles. The van der Waals surface area contributed by atoms with Gasteiger partial charge in [0.05, 0.1) is 30.0 Å². The Morgan fingerprint density at radius 2 is 1.80 bits per heavy atom. The molecular weight excluding hydrogens is 679 g/mol. The number of carbonyl (C=O) groups is 5. The Labute approximate surface area is 291 Å². The number of halogens is 2. The van der Waals surface area contributed by atoms with Crippen LogP contribution in [0, 0.1) is 5.82 Å². The fourth-order valence-corrected chi connectivity index (χ4v) is 5.74. The lowest BCUT2D eigenvalue weighted by Gasteiger charge is -2.32. The lowest BCUT2D eigenvalue weighted by Crippen LogP contribution is -2.61. The average Bonchev–Trinajstić information content (AvgIpc) is 3.55. The summed E-state index contributed by atoms with van der Waals surface area (Å²) in [4.78, 5) is 78.5. The minimum Gasteiger partial charge on any atom is -0.464 e. The number of fused-ring (bicyclic) bond motifs is 1. The van der Waals surface area contributed by atoms with E-state index in [-0.39, 0.29) is 65.2 Å². The van der Waals surface area contributed by atoms with Crippen molar-refractivity contribution < 1.29 is 42.9 Å². The van der Waals surface area contributed by atoms with E-state index in [1.807, 2.05) is 0 Å². The van der Waals surface area contributed by atoms with E-state index < -0.39 is 46.7 Å². The first-order valence-electron chi connectivity index (χ1n) is 15.8. The van der Waals surface area contributed by atoms with Gasteiger partial charge in [0, 0.05) is 23.8 Å². The van der Waals surface area contributed by atoms with Crippen LogP contribution in [0.25, 0.3) is 11.2 Å². The summed E-state index contributed by atoms with van der Waals surface area (Å²) in [5.74, 6) is -1.77. The monoisotopic (exact) mass is 716 g/mol. The molecule has 1 aliphatic heterocycles. The summed E-state index contributed by atoms with van der Waals surface area (Å²) in [6, 6.07) is 1.32. The van der Waals surface area contributed by atoms with E-state index in [4.69, 9.17) is 21.1 Å². The predicted molar refractivity (Wildman–Crippen MR) is 178 cm³/mol. The molecule has 0 radical (unpaired) electrons. The van der Waals surface area contributed by atoms with E-state index in [1.165, 1.54) is 17.0 Å². The number of aldehydes is 1. The quantitative estimate of drug-likeness (QED) is 0.273. The van der Waals surface area contributed by atoms with E-state index >= 15 is 4.39 Å². The fraction of sp³-hybridized carbons (Fsp3) is 0.500. The average molecular weight is 717 g/mol. The molecule has 3 N–H and O–H groups in total. The number of rotatable bonds is 8. The number of aromatic nitrogens is 4. The number of nitrogens with zero attached hydrogens (tertiary/aromatic N) is 6. The summed E-state index contributed by atoms with van der Waals surface area (Å²) in [5, 5.41) is 15.3. The fourth-order valence-electron chi connectivity index (χ4n) is 5.53. The Morgan fingerprint density at radius 1 is 1.12 bits per heavy atom. The number of hydrogen-bond acceptors (Lipinski definition) is 11. The molecule has 3 aromatic rings. The number of benzene rings is 1. The summed E-state index contributed by atoms with van der Waals surface area (Å²) < 4.78 is 27.6. The van der Waals surface area contributed by atoms with Gasteiger partial charge in [-0.3, -0.25) is 9.59 Å². The third kappa shape index (κ3) is 7.72. The number of hydrogen-bond donors (Lipinski definition) is 3. The van der Waals surface area contributed by atoms with Crippen molar-refractivity contribution in [2.45, 2.75) is 90.1 Å². The molecule has 4 amide bonds. The number of carbonyl (C=O) groups excluding carboxylic acids is 4. The second-order valence-corrected chi connectivity index (χ2v) is 14.6. The number of imidazole rings is 1. The van der Waals surface area contributed by atoms with Gasteiger partial charge in [-0.1, -0.05) is 11.6 Å². The molecular formula is C32H38ClFN8O8. The molecule has 50 heavy (non-hydrogen) atoms. The zero-order chi connectivity index (χ0) is 36.8. The van der Waals surface area contributed by atoms with Crippen LogP contribution in [0.1, 0.15) is 76.7 Å². The third-order valence-corrected chi connectivity index (χ3v) is 8.12. The van der Waals surface area contributed by atoms with E-state index in [0.717, 1.165) is 19.2 Å². The molecule has 2 aromatic heterocycles. The standard InChI is InChI=1S/C32H38ClFN8O8/c1-30(2,3)49-27(45)39-32(26(44)38-17-7-8-17)9-10-40(14-32)21-11-20(33)22(34)19(13-43)18(21)12-41-16-37-23-24(41)35-15-36-25(23)42(28(46)47)29(48)50-31(4,5)6/h11,13,15-17H,7-10,12,14H2,1-6H3,(H,38,44)(H,39,45)(H,46,47). The van der Waals surface area contributed by atoms with Crippen LogP contribution < -0.4 is 20.4 Å². The summed E-state index contributed by atoms with van der Waals surface area (Å²) in [7, 11) is 0. The van der Waals surface area contributed by atoms with Crippen molar-refractivity contribution >= 4 is 64.7 Å². The van der Waals surface area contributed by atoms with Gasteiger partial charge in [-0.2, -0.15) is 4.90 Å². The SMILES string of the molecule is CC(C)(C)OC(=O)NC1(C(=O)NC2CC2)CCN(c2cc(Cl)c(F)c(C=O)c2Cn2cnc3c(N(C(=O)O)C(=O)OC(C)(C)C)ncnc32)C1. The first-order chi connectivity index (χ1) is 23.3. The van der Waals surface area contributed by atoms with Crippen LogP contribution in [0.3, 0.4) is 0 Å². The van der Waals surface area contributed by atoms with Crippen molar-refractivity contribution in [1.29, 1.82) is 0 Å². The minimum absolute atomic E-state index is 0.0138. The van der Waals surface area contributed by atoms with E-state index in [1.54, 1.807) is 46.4 Å². The summed E-state index contributed by atoms with van der Waals surface area (Å²) in [6.45, 7) is 9.69. The number of anilines is 2. The first kappa shape index (κ1) is 36.2. The van der Waals surface area contributed by atoms with Gasteiger partial charge in [-0.05, 0) is 66.9 Å². The van der Waals surface area contributed by atoms with E-state index in [2.05, 4.69) is 25.6 Å². The number of ether oxygens (including phenoxy) is 2. The zero-order valence-corrected chi connectivity index (χ0v) is 29.1. The van der Waals surface area contributed by atoms with Crippen LogP contribution >= 0.6 is 11.6 Å². The highest BCUT2D eigenvalue weighted by atomic mass is 35.5. The van der Waals surface area contributed by atoms with Crippen LogP contribution in [0.5, 0.6) is 0 Å². The van der Waals surface area contributed by atoms with Crippen LogP contribution in [-0.4, -0.2) is 91.0 Å². The molecule has 2 aliphatic rings. The highest BCUT2D eigenvalue weighted by molar-refractivity contribution is 6.31. The normalized spacial score (nSPS) is 17.7. The van der Waals surface area contributed by atoms with Gasteiger partial charge in [-0.25, -0.2) is 33.7 Å². The maximum Gasteiger partial charge on any atom is 0.425 e. The largest absolute Gasteiger partial charge is 0.464 e. The smallest absolute Gasteiger partial charge is 0.425 e. The van der Waals surface area contributed by atoms with Crippen molar-refractivity contribution in [3.63, 3.8) is 0 Å². The molecule has 16 nitrogen and oxygen atoms in total. The van der Waals surface area contributed by atoms with Crippen molar-refractivity contribution in [2.24, 2.45) is 0 Å². The van der Waals surface area contributed by atoms with Gasteiger partial charge >= 0.3 is 18.3 Å². The summed E-state index contributed by atoms with van der Waals surface area (Å²) in [6.07, 6.45) is 0.690. The predicted octanol–water partition coefficient (Wildman–Crippen LogP) is 4.65. The van der Waals surface area contributed by atoms with Crippen molar-refractivity contribution in [3.8, 4) is 0 Å². The molecule has 0 bridgehead atoms. The third-order valence-electron chi connectivity index (χ3n) is 7.85. The molecule has 2 fully saturated rings. The Hall–Kier alpha value is -5.06. The van der Waals surface area contributed by atoms with Crippen molar-refractivity contribution in [3.05, 3.63) is 40.7 Å². The molecule has 1 atom stereocenters. The number of amides is 4. The Morgan fingerprint density at radius 3 is 2.40 bits per heavy atom. The molecule has 1 unspecified atom stereocenters. The summed E-state index contributed by atoms with van der Waals surface area (Å²) in [5.41, 5.74) is -3.28. The molecule has 268 valence electrons. The lowest BCUT2D eigenvalue weighted by atomic mass is 9.97. The van der Waals surface area contributed by atoms with Gasteiger partial charge < -0.3 is 34.7 Å². The highest BCUT2D eigenvalue weighted by Crippen LogP contribution is 2.37. The molecule has 18 heteroatoms. The van der Waals surface area contributed by atoms with Crippen molar-refractivity contribution in [2.75, 3.05) is 22.9 Å². The Kier molecular flexibility index (Phi) is 9.66. The Bertz CT molecular complexity index is 1870. The van der Waals surface area contributed by atoms with Gasteiger partial charge in [0.2, 0.25) is 5.91 Å². The van der Waals surface area contributed by atoms with Gasteiger partial charge in [0.1, 0.15) is 23.1 Å². The number of nitrogens with one attached hydrogen (secondary N) is 2. The number of imide groups is 1.